The Labute approximate surface area is 161 Å². The average Bonchev–Trinajstić information content (AvgIpc) is 2.65. The first-order valence-corrected chi connectivity index (χ1v) is 9.87. The molecule has 0 radical (unpaired) electrons. The van der Waals surface area contributed by atoms with E-state index >= 15 is 0 Å². The van der Waals surface area contributed by atoms with E-state index < -0.39 is 46.2 Å². The van der Waals surface area contributed by atoms with Gasteiger partial charge < -0.3 is 10.1 Å². The van der Waals surface area contributed by atoms with Gasteiger partial charge in [-0.3, -0.25) is 14.4 Å². The van der Waals surface area contributed by atoms with Gasteiger partial charge in [-0.2, -0.15) is 0 Å². The summed E-state index contributed by atoms with van der Waals surface area (Å²) in [7, 11) is -3.74. The van der Waals surface area contributed by atoms with Gasteiger partial charge in [-0.05, 0) is 48.5 Å². The van der Waals surface area contributed by atoms with Crippen LogP contribution >= 0.6 is 0 Å². The van der Waals surface area contributed by atoms with Gasteiger partial charge >= 0.3 is 5.97 Å². The van der Waals surface area contributed by atoms with Crippen LogP contribution < -0.4 is 5.32 Å². The molecule has 0 aliphatic heterocycles. The number of ketones is 1. The SMILES string of the molecule is CC(=O)Nc1ccc(S(=O)(=O)CCC(=O)OCC(=O)c2ccc(F)cc2)cc1. The maximum absolute atomic E-state index is 12.8. The monoisotopic (exact) mass is 407 g/mol. The molecule has 1 N–H and O–H groups in total. The fourth-order valence-corrected chi connectivity index (χ4v) is 3.44. The van der Waals surface area contributed by atoms with Crippen molar-refractivity contribution in [1.82, 2.24) is 0 Å². The number of anilines is 1. The summed E-state index contributed by atoms with van der Waals surface area (Å²) >= 11 is 0. The highest BCUT2D eigenvalue weighted by atomic mass is 32.2. The summed E-state index contributed by atoms with van der Waals surface area (Å²) in [5.74, 6) is -2.63. The maximum Gasteiger partial charge on any atom is 0.307 e. The van der Waals surface area contributed by atoms with Crippen LogP contribution in [0.2, 0.25) is 0 Å². The molecule has 28 heavy (non-hydrogen) atoms. The predicted octanol–water partition coefficient (Wildman–Crippen LogP) is 2.37. The Kier molecular flexibility index (Phi) is 7.00. The van der Waals surface area contributed by atoms with Crippen molar-refractivity contribution in [2.24, 2.45) is 0 Å². The van der Waals surface area contributed by atoms with Gasteiger partial charge in [0.1, 0.15) is 5.82 Å². The summed E-state index contributed by atoms with van der Waals surface area (Å²) in [6, 6.07) is 10.3. The summed E-state index contributed by atoms with van der Waals surface area (Å²) in [6.07, 6.45) is -0.424. The number of ether oxygens (including phenoxy) is 1. The van der Waals surface area contributed by atoms with Crippen molar-refractivity contribution >= 4 is 33.2 Å². The topological polar surface area (TPSA) is 107 Å². The summed E-state index contributed by atoms with van der Waals surface area (Å²) < 4.78 is 42.1. The van der Waals surface area contributed by atoms with E-state index in [1.54, 1.807) is 0 Å². The molecule has 0 fully saturated rings. The maximum atomic E-state index is 12.8. The number of hydrogen-bond acceptors (Lipinski definition) is 6. The molecule has 9 heteroatoms. The van der Waals surface area contributed by atoms with Crippen LogP contribution in [0, 0.1) is 5.82 Å². The Morgan fingerprint density at radius 2 is 1.61 bits per heavy atom. The number of amides is 1. The van der Waals surface area contributed by atoms with E-state index in [9.17, 15) is 27.2 Å². The number of rotatable bonds is 8. The third-order valence-corrected chi connectivity index (χ3v) is 5.37. The molecule has 7 nitrogen and oxygen atoms in total. The molecule has 0 atom stereocenters. The Balaban J connectivity index is 1.86. The molecule has 2 aromatic carbocycles. The fraction of sp³-hybridized carbons (Fsp3) is 0.211. The van der Waals surface area contributed by atoms with E-state index in [0.717, 1.165) is 12.1 Å². The number of carbonyl (C=O) groups excluding carboxylic acids is 3. The predicted molar refractivity (Wildman–Crippen MR) is 99.1 cm³/mol. The van der Waals surface area contributed by atoms with Crippen molar-refractivity contribution in [2.45, 2.75) is 18.2 Å². The first-order valence-electron chi connectivity index (χ1n) is 8.22. The van der Waals surface area contributed by atoms with Crippen molar-refractivity contribution in [2.75, 3.05) is 17.7 Å². The molecule has 0 unspecified atom stereocenters. The van der Waals surface area contributed by atoms with Gasteiger partial charge in [0.25, 0.3) is 0 Å². The van der Waals surface area contributed by atoms with Crippen molar-refractivity contribution in [3.63, 3.8) is 0 Å². The molecular formula is C19H18FNO6S. The highest BCUT2D eigenvalue weighted by Crippen LogP contribution is 2.16. The molecule has 0 saturated heterocycles. The minimum Gasteiger partial charge on any atom is -0.457 e. The van der Waals surface area contributed by atoms with Crippen molar-refractivity contribution in [3.8, 4) is 0 Å². The lowest BCUT2D eigenvalue weighted by Gasteiger charge is -2.07. The third-order valence-electron chi connectivity index (χ3n) is 3.64. The molecule has 0 spiro atoms. The van der Waals surface area contributed by atoms with E-state index in [1.807, 2.05) is 0 Å². The smallest absolute Gasteiger partial charge is 0.307 e. The highest BCUT2D eigenvalue weighted by Gasteiger charge is 2.18. The van der Waals surface area contributed by atoms with E-state index in [-0.39, 0.29) is 16.4 Å². The standard InChI is InChI=1S/C19H18FNO6S/c1-13(22)21-16-6-8-17(9-7-16)28(25,26)11-10-19(24)27-12-18(23)14-2-4-15(20)5-3-14/h2-9H,10-12H2,1H3,(H,21,22). The number of nitrogens with one attached hydrogen (secondary N) is 1. The molecule has 0 saturated carbocycles. The lowest BCUT2D eigenvalue weighted by atomic mass is 10.1. The first-order chi connectivity index (χ1) is 13.2. The third kappa shape index (κ3) is 6.27. The summed E-state index contributed by atoms with van der Waals surface area (Å²) in [5.41, 5.74) is 0.631. The molecule has 2 aromatic rings. The number of sulfone groups is 1. The van der Waals surface area contributed by atoms with Gasteiger partial charge in [-0.1, -0.05) is 0 Å². The van der Waals surface area contributed by atoms with Gasteiger partial charge in [-0.15, -0.1) is 0 Å². The number of halogens is 1. The number of hydrogen-bond donors (Lipinski definition) is 1. The Morgan fingerprint density at radius 1 is 1.00 bits per heavy atom. The van der Waals surface area contributed by atoms with Gasteiger partial charge in [0.2, 0.25) is 5.91 Å². The Morgan fingerprint density at radius 3 is 2.18 bits per heavy atom. The van der Waals surface area contributed by atoms with Gasteiger partial charge in [-0.25, -0.2) is 12.8 Å². The van der Waals surface area contributed by atoms with E-state index in [2.05, 4.69) is 5.32 Å². The summed E-state index contributed by atoms with van der Waals surface area (Å²) in [4.78, 5) is 34.5. The summed E-state index contributed by atoms with van der Waals surface area (Å²) in [6.45, 7) is 0.771. The second kappa shape index (κ2) is 9.23. The van der Waals surface area contributed by atoms with Crippen LogP contribution in [0.1, 0.15) is 23.7 Å². The zero-order valence-corrected chi connectivity index (χ0v) is 15.8. The molecule has 148 valence electrons. The molecule has 0 bridgehead atoms. The first kappa shape index (κ1) is 21.2. The highest BCUT2D eigenvalue weighted by molar-refractivity contribution is 7.91. The van der Waals surface area contributed by atoms with Gasteiger partial charge in [0.05, 0.1) is 17.1 Å². The fourth-order valence-electron chi connectivity index (χ4n) is 2.22. The zero-order chi connectivity index (χ0) is 20.7. The van der Waals surface area contributed by atoms with Crippen LogP contribution in [0.25, 0.3) is 0 Å². The molecule has 0 heterocycles. The van der Waals surface area contributed by atoms with Crippen molar-refractivity contribution < 1.29 is 31.9 Å². The number of Topliss-reactive ketones (excluding diaryl/α,β-unsaturated/α-hetero) is 1. The minimum atomic E-state index is -3.74. The minimum absolute atomic E-state index is 0.00297. The molecule has 1 amide bonds. The van der Waals surface area contributed by atoms with Crippen LogP contribution in [0.4, 0.5) is 10.1 Å². The molecule has 0 aromatic heterocycles. The summed E-state index contributed by atoms with van der Waals surface area (Å²) in [5, 5.41) is 2.52. The van der Waals surface area contributed by atoms with E-state index in [4.69, 9.17) is 4.74 Å². The van der Waals surface area contributed by atoms with E-state index in [1.165, 1.54) is 43.3 Å². The van der Waals surface area contributed by atoms with Crippen LogP contribution in [-0.4, -0.2) is 38.4 Å². The normalized spacial score (nSPS) is 10.9. The van der Waals surface area contributed by atoms with Gasteiger partial charge in [0.15, 0.2) is 22.2 Å². The van der Waals surface area contributed by atoms with Crippen LogP contribution in [0.15, 0.2) is 53.4 Å². The van der Waals surface area contributed by atoms with Crippen LogP contribution in [-0.2, 0) is 24.2 Å². The number of carbonyl (C=O) groups is 3. The molecule has 0 aliphatic rings. The second-order valence-electron chi connectivity index (χ2n) is 5.87. The quantitative estimate of drug-likeness (QED) is 0.532. The average molecular weight is 407 g/mol. The zero-order valence-electron chi connectivity index (χ0n) is 15.0. The van der Waals surface area contributed by atoms with Crippen LogP contribution in [0.5, 0.6) is 0 Å². The van der Waals surface area contributed by atoms with Crippen molar-refractivity contribution in [1.29, 1.82) is 0 Å². The largest absolute Gasteiger partial charge is 0.457 e. The number of esters is 1. The molecule has 2 rings (SSSR count). The lowest BCUT2D eigenvalue weighted by molar-refractivity contribution is -0.142. The second-order valence-corrected chi connectivity index (χ2v) is 7.97. The lowest BCUT2D eigenvalue weighted by Crippen LogP contribution is -2.17. The van der Waals surface area contributed by atoms with Gasteiger partial charge in [0, 0.05) is 18.2 Å². The van der Waals surface area contributed by atoms with Crippen molar-refractivity contribution in [3.05, 3.63) is 59.9 Å². The van der Waals surface area contributed by atoms with E-state index in [0.29, 0.717) is 5.69 Å². The molecular weight excluding hydrogens is 389 g/mol. The Bertz CT molecular complexity index is 968. The number of benzene rings is 2. The molecule has 0 aliphatic carbocycles. The van der Waals surface area contributed by atoms with Crippen LogP contribution in [0.3, 0.4) is 0 Å². The Hall–Kier alpha value is -3.07.